The first-order valence-corrected chi connectivity index (χ1v) is 3.81. The zero-order valence-electron chi connectivity index (χ0n) is 6.14. The van der Waals surface area contributed by atoms with Crippen LogP contribution < -0.4 is 5.32 Å². The first-order chi connectivity index (χ1) is 5.63. The minimum absolute atomic E-state index is 0.0406. The Morgan fingerprint density at radius 2 is 2.17 bits per heavy atom. The molecule has 0 aromatic carbocycles. The van der Waals surface area contributed by atoms with Crippen LogP contribution in [0.15, 0.2) is 6.07 Å². The Balaban J connectivity index is 3.08. The molecule has 0 saturated carbocycles. The lowest BCUT2D eigenvalue weighted by Crippen LogP contribution is -2.19. The van der Waals surface area contributed by atoms with E-state index in [1.807, 2.05) is 0 Å². The molecular weight excluding hydrogens is 201 g/mol. The molecular formula is C6H5Cl2N3O. The Morgan fingerprint density at radius 1 is 1.50 bits per heavy atom. The number of hydrogen-bond acceptors (Lipinski definition) is 3. The number of carbonyl (C=O) groups is 1. The Kier molecular flexibility index (Phi) is 2.83. The summed E-state index contributed by atoms with van der Waals surface area (Å²) in [6.07, 6.45) is 0. The van der Waals surface area contributed by atoms with Crippen molar-refractivity contribution in [3.63, 3.8) is 0 Å². The molecule has 6 heteroatoms. The molecule has 1 aromatic rings. The van der Waals surface area contributed by atoms with Crippen LogP contribution in [0.3, 0.4) is 0 Å². The van der Waals surface area contributed by atoms with Crippen molar-refractivity contribution in [1.29, 1.82) is 0 Å². The molecule has 64 valence electrons. The number of nitrogens with one attached hydrogen (secondary N) is 1. The lowest BCUT2D eigenvalue weighted by Gasteiger charge is -1.98. The molecule has 0 aliphatic rings. The highest BCUT2D eigenvalue weighted by atomic mass is 35.5. The molecule has 0 unspecified atom stereocenters. The summed E-state index contributed by atoms with van der Waals surface area (Å²) < 4.78 is 0. The average Bonchev–Trinajstić information content (AvgIpc) is 2.01. The predicted molar refractivity (Wildman–Crippen MR) is 45.4 cm³/mol. The molecule has 4 nitrogen and oxygen atoms in total. The van der Waals surface area contributed by atoms with Crippen molar-refractivity contribution < 1.29 is 4.79 Å². The number of halogens is 2. The molecule has 0 bridgehead atoms. The van der Waals surface area contributed by atoms with Crippen LogP contribution in [0.5, 0.6) is 0 Å². The van der Waals surface area contributed by atoms with Gasteiger partial charge in [0, 0.05) is 13.1 Å². The first kappa shape index (κ1) is 9.22. The molecule has 1 rings (SSSR count). The quantitative estimate of drug-likeness (QED) is 0.553. The predicted octanol–water partition coefficient (Wildman–Crippen LogP) is 1.14. The number of aromatic nitrogens is 2. The van der Waals surface area contributed by atoms with Gasteiger partial charge in [-0.3, -0.25) is 4.79 Å². The molecule has 1 amide bonds. The normalized spacial score (nSPS) is 9.58. The maximum atomic E-state index is 11.0. The third-order valence-corrected chi connectivity index (χ3v) is 1.49. The average molecular weight is 206 g/mol. The summed E-state index contributed by atoms with van der Waals surface area (Å²) in [6, 6.07) is 1.34. The summed E-state index contributed by atoms with van der Waals surface area (Å²) in [5.74, 6) is -0.346. The highest BCUT2D eigenvalue weighted by Gasteiger charge is 2.07. The topological polar surface area (TPSA) is 54.9 Å². The molecule has 0 aliphatic heterocycles. The number of carbonyl (C=O) groups excluding carboxylic acids is 1. The molecule has 0 aliphatic carbocycles. The Morgan fingerprint density at radius 3 is 2.67 bits per heavy atom. The summed E-state index contributed by atoms with van der Waals surface area (Å²) >= 11 is 11.0. The van der Waals surface area contributed by atoms with Crippen LogP contribution in [0, 0.1) is 0 Å². The number of hydrogen-bond donors (Lipinski definition) is 1. The van der Waals surface area contributed by atoms with Crippen molar-refractivity contribution in [3.8, 4) is 0 Å². The second kappa shape index (κ2) is 3.69. The van der Waals surface area contributed by atoms with Crippen LogP contribution in [0.4, 0.5) is 0 Å². The van der Waals surface area contributed by atoms with Crippen molar-refractivity contribution in [2.45, 2.75) is 0 Å². The fourth-order valence-corrected chi connectivity index (χ4v) is 1.04. The zero-order chi connectivity index (χ0) is 9.14. The van der Waals surface area contributed by atoms with Crippen LogP contribution in [-0.4, -0.2) is 22.9 Å². The van der Waals surface area contributed by atoms with Crippen LogP contribution in [0.2, 0.25) is 10.4 Å². The summed E-state index contributed by atoms with van der Waals surface area (Å²) in [5, 5.41) is 2.50. The summed E-state index contributed by atoms with van der Waals surface area (Å²) in [6.45, 7) is 0. The number of nitrogens with zero attached hydrogens (tertiary/aromatic N) is 2. The van der Waals surface area contributed by atoms with Crippen molar-refractivity contribution in [3.05, 3.63) is 22.2 Å². The molecule has 1 heterocycles. The van der Waals surface area contributed by atoms with E-state index in [1.165, 1.54) is 13.1 Å². The van der Waals surface area contributed by atoms with Gasteiger partial charge in [0.15, 0.2) is 0 Å². The van der Waals surface area contributed by atoms with Gasteiger partial charge in [0.25, 0.3) is 5.91 Å². The molecule has 0 fully saturated rings. The molecule has 12 heavy (non-hydrogen) atoms. The van der Waals surface area contributed by atoms with Crippen molar-refractivity contribution >= 4 is 29.1 Å². The third-order valence-electron chi connectivity index (χ3n) is 1.13. The van der Waals surface area contributed by atoms with Crippen LogP contribution in [0.25, 0.3) is 0 Å². The second-order valence-electron chi connectivity index (χ2n) is 1.92. The van der Waals surface area contributed by atoms with E-state index in [4.69, 9.17) is 23.2 Å². The van der Waals surface area contributed by atoms with E-state index in [-0.39, 0.29) is 22.0 Å². The molecule has 0 radical (unpaired) electrons. The van der Waals surface area contributed by atoms with E-state index in [0.717, 1.165) is 0 Å². The van der Waals surface area contributed by atoms with Gasteiger partial charge in [-0.25, -0.2) is 9.97 Å². The van der Waals surface area contributed by atoms with Gasteiger partial charge in [-0.1, -0.05) is 11.6 Å². The third kappa shape index (κ3) is 2.06. The molecule has 0 saturated heterocycles. The maximum Gasteiger partial charge on any atom is 0.269 e. The largest absolute Gasteiger partial charge is 0.354 e. The van der Waals surface area contributed by atoms with Crippen LogP contribution in [0.1, 0.15) is 10.5 Å². The number of rotatable bonds is 1. The van der Waals surface area contributed by atoms with Gasteiger partial charge < -0.3 is 5.32 Å². The van der Waals surface area contributed by atoms with Crippen molar-refractivity contribution in [1.82, 2.24) is 15.3 Å². The second-order valence-corrected chi connectivity index (χ2v) is 2.65. The van der Waals surface area contributed by atoms with Crippen LogP contribution >= 0.6 is 23.2 Å². The maximum absolute atomic E-state index is 11.0. The van der Waals surface area contributed by atoms with E-state index in [0.29, 0.717) is 0 Å². The van der Waals surface area contributed by atoms with Crippen molar-refractivity contribution in [2.24, 2.45) is 0 Å². The van der Waals surface area contributed by atoms with E-state index < -0.39 is 0 Å². The molecule has 1 aromatic heterocycles. The van der Waals surface area contributed by atoms with Gasteiger partial charge in [0.2, 0.25) is 5.28 Å². The zero-order valence-corrected chi connectivity index (χ0v) is 7.65. The summed E-state index contributed by atoms with van der Waals surface area (Å²) in [5.41, 5.74) is 0.155. The summed E-state index contributed by atoms with van der Waals surface area (Å²) in [7, 11) is 1.49. The van der Waals surface area contributed by atoms with E-state index in [2.05, 4.69) is 15.3 Å². The molecule has 0 atom stereocenters. The standard InChI is InChI=1S/C6H5Cl2N3O/c1-9-5(12)3-2-4(7)11-6(8)10-3/h2H,1H3,(H,9,12). The van der Waals surface area contributed by atoms with E-state index in [1.54, 1.807) is 0 Å². The monoisotopic (exact) mass is 205 g/mol. The van der Waals surface area contributed by atoms with Gasteiger partial charge in [-0.15, -0.1) is 0 Å². The van der Waals surface area contributed by atoms with Crippen molar-refractivity contribution in [2.75, 3.05) is 7.05 Å². The minimum atomic E-state index is -0.346. The Labute approximate surface area is 78.9 Å². The van der Waals surface area contributed by atoms with Gasteiger partial charge >= 0.3 is 0 Å². The molecule has 1 N–H and O–H groups in total. The first-order valence-electron chi connectivity index (χ1n) is 3.05. The van der Waals surface area contributed by atoms with Gasteiger partial charge in [0.05, 0.1) is 0 Å². The highest BCUT2D eigenvalue weighted by molar-refractivity contribution is 6.32. The van der Waals surface area contributed by atoms with E-state index >= 15 is 0 Å². The highest BCUT2D eigenvalue weighted by Crippen LogP contribution is 2.10. The SMILES string of the molecule is CNC(=O)c1cc(Cl)nc(Cl)n1. The fraction of sp³-hybridized carbons (Fsp3) is 0.167. The molecule has 0 spiro atoms. The van der Waals surface area contributed by atoms with Gasteiger partial charge in [0.1, 0.15) is 10.8 Å². The summed E-state index contributed by atoms with van der Waals surface area (Å²) in [4.78, 5) is 18.3. The van der Waals surface area contributed by atoms with E-state index in [9.17, 15) is 4.79 Å². The smallest absolute Gasteiger partial charge is 0.269 e. The van der Waals surface area contributed by atoms with Gasteiger partial charge in [-0.05, 0) is 11.6 Å². The lowest BCUT2D eigenvalue weighted by molar-refractivity contribution is 0.0958. The lowest BCUT2D eigenvalue weighted by atomic mass is 10.4. The Hall–Kier alpha value is -0.870. The van der Waals surface area contributed by atoms with Crippen LogP contribution in [-0.2, 0) is 0 Å². The fourth-order valence-electron chi connectivity index (χ4n) is 0.634. The number of amides is 1. The van der Waals surface area contributed by atoms with Gasteiger partial charge in [-0.2, -0.15) is 0 Å². The minimum Gasteiger partial charge on any atom is -0.354 e. The Bertz CT molecular complexity index is 295.